The van der Waals surface area contributed by atoms with Crippen molar-refractivity contribution < 1.29 is 4.79 Å². The number of rotatable bonds is 4. The van der Waals surface area contributed by atoms with Crippen LogP contribution in [0.15, 0.2) is 5.11 Å². The van der Waals surface area contributed by atoms with Crippen molar-refractivity contribution in [1.29, 1.82) is 0 Å². The highest BCUT2D eigenvalue weighted by Gasteiger charge is 2.24. The Morgan fingerprint density at radius 3 is 3.20 bits per heavy atom. The molecule has 0 radical (unpaired) electrons. The maximum Gasteiger partial charge on any atom is 0.224 e. The molecule has 0 aliphatic carbocycles. The molecule has 1 heterocycles. The molecule has 6 nitrogen and oxygen atoms in total. The third-order valence-electron chi connectivity index (χ3n) is 2.70. The number of carbonyl (C=O) groups excluding carboxylic acids is 1. The molecular formula is C9H17N5O. The molecule has 84 valence electrons. The van der Waals surface area contributed by atoms with E-state index in [9.17, 15) is 4.79 Å². The zero-order valence-corrected chi connectivity index (χ0v) is 9.02. The number of carbonyl (C=O) groups is 1. The van der Waals surface area contributed by atoms with Gasteiger partial charge in [0.15, 0.2) is 0 Å². The van der Waals surface area contributed by atoms with Gasteiger partial charge in [-0.15, -0.1) is 0 Å². The van der Waals surface area contributed by atoms with E-state index in [0.29, 0.717) is 6.54 Å². The van der Waals surface area contributed by atoms with Gasteiger partial charge < -0.3 is 10.2 Å². The molecule has 1 atom stereocenters. The van der Waals surface area contributed by atoms with Crippen LogP contribution in [0.1, 0.15) is 12.8 Å². The minimum atomic E-state index is 0.0924. The highest BCUT2D eigenvalue weighted by Crippen LogP contribution is 2.15. The molecule has 0 spiro atoms. The third-order valence-corrected chi connectivity index (χ3v) is 2.70. The molecule has 1 saturated heterocycles. The molecule has 0 aromatic rings. The van der Waals surface area contributed by atoms with E-state index in [1.54, 1.807) is 7.05 Å². The van der Waals surface area contributed by atoms with Crippen molar-refractivity contribution in [2.45, 2.75) is 12.8 Å². The zero-order valence-electron chi connectivity index (χ0n) is 9.02. The summed E-state index contributed by atoms with van der Waals surface area (Å²) >= 11 is 0. The van der Waals surface area contributed by atoms with Gasteiger partial charge >= 0.3 is 0 Å². The molecule has 6 heteroatoms. The van der Waals surface area contributed by atoms with Crippen LogP contribution in [0.2, 0.25) is 0 Å². The fourth-order valence-corrected chi connectivity index (χ4v) is 1.91. The van der Waals surface area contributed by atoms with Crippen molar-refractivity contribution in [3.05, 3.63) is 10.4 Å². The third kappa shape index (κ3) is 3.77. The number of likely N-dealkylation sites (tertiary alicyclic amines) is 1. The van der Waals surface area contributed by atoms with Crippen LogP contribution in [0.5, 0.6) is 0 Å². The number of nitrogens with zero attached hydrogens (tertiary/aromatic N) is 4. The van der Waals surface area contributed by atoms with Crippen molar-refractivity contribution in [3.8, 4) is 0 Å². The number of amides is 1. The van der Waals surface area contributed by atoms with Crippen LogP contribution in [0.25, 0.3) is 10.4 Å². The molecule has 1 aliphatic rings. The van der Waals surface area contributed by atoms with Crippen LogP contribution in [0, 0.1) is 5.92 Å². The van der Waals surface area contributed by atoms with Crippen LogP contribution >= 0.6 is 0 Å². The lowest BCUT2D eigenvalue weighted by Crippen LogP contribution is -2.42. The Morgan fingerprint density at radius 1 is 1.73 bits per heavy atom. The Morgan fingerprint density at radius 2 is 2.53 bits per heavy atom. The summed E-state index contributed by atoms with van der Waals surface area (Å²) in [4.78, 5) is 16.3. The summed E-state index contributed by atoms with van der Waals surface area (Å²) < 4.78 is 0. The summed E-state index contributed by atoms with van der Waals surface area (Å²) in [5.41, 5.74) is 8.15. The van der Waals surface area contributed by atoms with Crippen molar-refractivity contribution in [1.82, 2.24) is 10.2 Å². The largest absolute Gasteiger partial charge is 0.359 e. The molecule has 1 rings (SSSR count). The van der Waals surface area contributed by atoms with Crippen molar-refractivity contribution in [2.75, 3.05) is 33.2 Å². The van der Waals surface area contributed by atoms with Crippen LogP contribution in [-0.2, 0) is 4.79 Å². The number of hydrogen-bond donors (Lipinski definition) is 1. The summed E-state index contributed by atoms with van der Waals surface area (Å²) in [5.74, 6) is 0.207. The summed E-state index contributed by atoms with van der Waals surface area (Å²) in [6.07, 6.45) is 1.99. The Kier molecular flexibility index (Phi) is 4.93. The van der Waals surface area contributed by atoms with E-state index in [-0.39, 0.29) is 11.8 Å². The van der Waals surface area contributed by atoms with Crippen LogP contribution in [0.4, 0.5) is 0 Å². The van der Waals surface area contributed by atoms with Gasteiger partial charge in [-0.1, -0.05) is 5.11 Å². The lowest BCUT2D eigenvalue weighted by molar-refractivity contribution is -0.126. The number of azide groups is 1. The smallest absolute Gasteiger partial charge is 0.224 e. The minimum absolute atomic E-state index is 0.0924. The predicted octanol–water partition coefficient (Wildman–Crippen LogP) is 0.755. The standard InChI is InChI=1S/C9H17N5O/c1-11-9(15)8-3-2-5-14(7-8)6-4-12-13-10/h8H,2-7H2,1H3,(H,11,15). The van der Waals surface area contributed by atoms with Gasteiger partial charge in [-0.05, 0) is 24.9 Å². The van der Waals surface area contributed by atoms with Gasteiger partial charge in [0.1, 0.15) is 0 Å². The average Bonchev–Trinajstić information content (AvgIpc) is 2.29. The summed E-state index contributed by atoms with van der Waals surface area (Å²) in [7, 11) is 1.67. The highest BCUT2D eigenvalue weighted by molar-refractivity contribution is 5.78. The van der Waals surface area contributed by atoms with Crippen molar-refractivity contribution in [3.63, 3.8) is 0 Å². The first-order valence-electron chi connectivity index (χ1n) is 5.22. The van der Waals surface area contributed by atoms with Gasteiger partial charge in [0.05, 0.1) is 5.92 Å². The van der Waals surface area contributed by atoms with Gasteiger partial charge in [-0.25, -0.2) is 0 Å². The predicted molar refractivity (Wildman–Crippen MR) is 57.2 cm³/mol. The number of nitrogens with one attached hydrogen (secondary N) is 1. The van der Waals surface area contributed by atoms with Gasteiger partial charge in [0, 0.05) is 31.6 Å². The molecule has 1 unspecified atom stereocenters. The Hall–Kier alpha value is -1.26. The quantitative estimate of drug-likeness (QED) is 0.423. The fourth-order valence-electron chi connectivity index (χ4n) is 1.91. The van der Waals surface area contributed by atoms with E-state index in [4.69, 9.17) is 5.53 Å². The number of hydrogen-bond acceptors (Lipinski definition) is 3. The molecule has 1 aliphatic heterocycles. The first-order valence-corrected chi connectivity index (χ1v) is 5.22. The molecule has 0 bridgehead atoms. The molecule has 15 heavy (non-hydrogen) atoms. The van der Waals surface area contributed by atoms with E-state index in [2.05, 4.69) is 20.2 Å². The monoisotopic (exact) mass is 211 g/mol. The Bertz CT molecular complexity index is 261. The molecule has 0 aromatic carbocycles. The highest BCUT2D eigenvalue weighted by atomic mass is 16.1. The summed E-state index contributed by atoms with van der Waals surface area (Å²) in [5, 5.41) is 6.17. The fraction of sp³-hybridized carbons (Fsp3) is 0.889. The van der Waals surface area contributed by atoms with Gasteiger partial charge in [-0.2, -0.15) is 0 Å². The lowest BCUT2D eigenvalue weighted by Gasteiger charge is -2.31. The normalized spacial score (nSPS) is 21.8. The maximum atomic E-state index is 11.4. The second-order valence-electron chi connectivity index (χ2n) is 3.71. The Labute approximate surface area is 89.3 Å². The topological polar surface area (TPSA) is 81.1 Å². The summed E-state index contributed by atoms with van der Waals surface area (Å²) in [6, 6.07) is 0. The zero-order chi connectivity index (χ0) is 11.1. The van der Waals surface area contributed by atoms with Gasteiger partial charge in [-0.3, -0.25) is 4.79 Å². The first kappa shape index (κ1) is 11.8. The molecule has 1 N–H and O–H groups in total. The Balaban J connectivity index is 2.34. The van der Waals surface area contributed by atoms with Crippen LogP contribution < -0.4 is 5.32 Å². The second kappa shape index (κ2) is 6.27. The van der Waals surface area contributed by atoms with E-state index in [0.717, 1.165) is 32.5 Å². The molecular weight excluding hydrogens is 194 g/mol. The molecule has 1 amide bonds. The minimum Gasteiger partial charge on any atom is -0.359 e. The van der Waals surface area contributed by atoms with Crippen LogP contribution in [0.3, 0.4) is 0 Å². The van der Waals surface area contributed by atoms with Crippen LogP contribution in [-0.4, -0.2) is 44.0 Å². The molecule has 1 fully saturated rings. The van der Waals surface area contributed by atoms with Crippen molar-refractivity contribution >= 4 is 5.91 Å². The van der Waals surface area contributed by atoms with E-state index in [1.165, 1.54) is 0 Å². The molecule has 0 saturated carbocycles. The SMILES string of the molecule is CNC(=O)C1CCCN(CCN=[N+]=[N-])C1. The van der Waals surface area contributed by atoms with Gasteiger partial charge in [0.25, 0.3) is 0 Å². The maximum absolute atomic E-state index is 11.4. The lowest BCUT2D eigenvalue weighted by atomic mass is 9.97. The van der Waals surface area contributed by atoms with E-state index >= 15 is 0 Å². The van der Waals surface area contributed by atoms with Crippen molar-refractivity contribution in [2.24, 2.45) is 11.0 Å². The van der Waals surface area contributed by atoms with E-state index < -0.39 is 0 Å². The summed E-state index contributed by atoms with van der Waals surface area (Å²) in [6.45, 7) is 3.00. The van der Waals surface area contributed by atoms with Gasteiger partial charge in [0.2, 0.25) is 5.91 Å². The molecule has 0 aromatic heterocycles. The first-order chi connectivity index (χ1) is 7.27. The van der Waals surface area contributed by atoms with E-state index in [1.807, 2.05) is 0 Å². The average molecular weight is 211 g/mol. The number of piperidine rings is 1. The second-order valence-corrected chi connectivity index (χ2v) is 3.71.